The van der Waals surface area contributed by atoms with Crippen molar-refractivity contribution in [3.8, 4) is 5.75 Å². The van der Waals surface area contributed by atoms with E-state index in [1.54, 1.807) is 0 Å². The third kappa shape index (κ3) is 3.91. The molecule has 2 rings (SSSR count). The molecule has 0 aromatic heterocycles. The van der Waals surface area contributed by atoms with E-state index >= 15 is 0 Å². The van der Waals surface area contributed by atoms with E-state index in [9.17, 15) is 9.59 Å². The summed E-state index contributed by atoms with van der Waals surface area (Å²) in [5.74, 6) is 0.523. The fraction of sp³-hybridized carbons (Fsp3) is 0.467. The van der Waals surface area contributed by atoms with Crippen LogP contribution in [-0.4, -0.2) is 46.2 Å². The molecule has 0 bridgehead atoms. The highest BCUT2D eigenvalue weighted by Gasteiger charge is 2.34. The molecule has 21 heavy (non-hydrogen) atoms. The summed E-state index contributed by atoms with van der Waals surface area (Å²) in [5.41, 5.74) is 2.33. The van der Waals surface area contributed by atoms with Gasteiger partial charge in [-0.2, -0.15) is 0 Å². The molecule has 0 unspecified atom stereocenters. The van der Waals surface area contributed by atoms with Crippen LogP contribution in [0.25, 0.3) is 0 Å². The Balaban J connectivity index is 1.84. The lowest BCUT2D eigenvalue weighted by molar-refractivity contribution is -0.147. The molecular weight excluding hydrogens is 290 g/mol. The summed E-state index contributed by atoms with van der Waals surface area (Å²) in [6.07, 6.45) is 0.192. The molecule has 1 aromatic rings. The second-order valence-corrected chi connectivity index (χ2v) is 6.06. The first-order valence-corrected chi connectivity index (χ1v) is 7.94. The van der Waals surface area contributed by atoms with Crippen LogP contribution in [0.15, 0.2) is 18.2 Å². The lowest BCUT2D eigenvalue weighted by atomic mass is 10.1. The van der Waals surface area contributed by atoms with Crippen molar-refractivity contribution in [3.63, 3.8) is 0 Å². The number of carbonyl (C=O) groups is 2. The van der Waals surface area contributed by atoms with E-state index in [2.05, 4.69) is 0 Å². The molecule has 114 valence electrons. The highest BCUT2D eigenvalue weighted by atomic mass is 32.2. The Bertz CT molecular complexity index is 546. The van der Waals surface area contributed by atoms with Gasteiger partial charge in [-0.05, 0) is 37.1 Å². The van der Waals surface area contributed by atoms with Crippen molar-refractivity contribution in [2.24, 2.45) is 0 Å². The predicted molar refractivity (Wildman–Crippen MR) is 81.6 cm³/mol. The Kier molecular flexibility index (Phi) is 5.12. The quantitative estimate of drug-likeness (QED) is 0.902. The summed E-state index contributed by atoms with van der Waals surface area (Å²) < 4.78 is 5.57. The highest BCUT2D eigenvalue weighted by molar-refractivity contribution is 7.99. The van der Waals surface area contributed by atoms with E-state index in [-0.39, 0.29) is 18.9 Å². The molecule has 1 aliphatic rings. The molecule has 1 fully saturated rings. The fourth-order valence-electron chi connectivity index (χ4n) is 2.10. The van der Waals surface area contributed by atoms with Gasteiger partial charge in [0.15, 0.2) is 0 Å². The van der Waals surface area contributed by atoms with E-state index in [1.165, 1.54) is 22.2 Å². The van der Waals surface area contributed by atoms with Crippen LogP contribution < -0.4 is 4.74 Å². The molecule has 0 radical (unpaired) electrons. The number of benzene rings is 1. The maximum Gasteiger partial charge on any atom is 0.327 e. The molecule has 1 N–H and O–H groups in total. The Morgan fingerprint density at radius 3 is 2.81 bits per heavy atom. The molecule has 6 heteroatoms. The van der Waals surface area contributed by atoms with Crippen LogP contribution in [0.2, 0.25) is 0 Å². The van der Waals surface area contributed by atoms with E-state index in [1.807, 2.05) is 32.0 Å². The van der Waals surface area contributed by atoms with Crippen LogP contribution in [0, 0.1) is 13.8 Å². The van der Waals surface area contributed by atoms with E-state index in [0.717, 1.165) is 11.3 Å². The Hall–Kier alpha value is -1.69. The number of aryl methyl sites for hydroxylation is 2. The Labute approximate surface area is 128 Å². The Morgan fingerprint density at radius 1 is 1.38 bits per heavy atom. The number of ether oxygens (including phenoxy) is 1. The molecule has 0 spiro atoms. The number of nitrogens with zero attached hydrogens (tertiary/aromatic N) is 1. The van der Waals surface area contributed by atoms with Crippen molar-refractivity contribution in [3.05, 3.63) is 29.3 Å². The van der Waals surface area contributed by atoms with Gasteiger partial charge in [-0.15, -0.1) is 11.8 Å². The molecular formula is C15H19NO4S. The fourth-order valence-corrected chi connectivity index (χ4v) is 3.27. The number of carboxylic acid groups (broad SMARTS) is 1. The highest BCUT2D eigenvalue weighted by Crippen LogP contribution is 2.22. The number of thioether (sulfide) groups is 1. The van der Waals surface area contributed by atoms with Gasteiger partial charge in [-0.1, -0.05) is 6.07 Å². The van der Waals surface area contributed by atoms with Crippen molar-refractivity contribution < 1.29 is 19.4 Å². The van der Waals surface area contributed by atoms with Gasteiger partial charge in [0.05, 0.1) is 18.9 Å². The SMILES string of the molecule is Cc1ccc(OCCC(=O)N2CSC[C@H]2C(=O)O)cc1C. The average Bonchev–Trinajstić information content (AvgIpc) is 2.92. The first-order valence-electron chi connectivity index (χ1n) is 6.79. The summed E-state index contributed by atoms with van der Waals surface area (Å²) in [6.45, 7) is 4.29. The van der Waals surface area contributed by atoms with Gasteiger partial charge in [-0.3, -0.25) is 4.79 Å². The predicted octanol–water partition coefficient (Wildman–Crippen LogP) is 2.06. The number of hydrogen-bond donors (Lipinski definition) is 1. The molecule has 1 amide bonds. The molecule has 5 nitrogen and oxygen atoms in total. The van der Waals surface area contributed by atoms with Crippen molar-refractivity contribution in [1.82, 2.24) is 4.90 Å². The standard InChI is InChI=1S/C15H19NO4S/c1-10-3-4-12(7-11(10)2)20-6-5-14(17)16-9-21-8-13(16)15(18)19/h3-4,7,13H,5-6,8-9H2,1-2H3,(H,18,19)/t13-/m0/s1. The average molecular weight is 309 g/mol. The largest absolute Gasteiger partial charge is 0.493 e. The van der Waals surface area contributed by atoms with Crippen LogP contribution in [0.1, 0.15) is 17.5 Å². The monoisotopic (exact) mass is 309 g/mol. The van der Waals surface area contributed by atoms with E-state index in [0.29, 0.717) is 11.6 Å². The third-order valence-electron chi connectivity index (χ3n) is 3.55. The molecule has 1 aliphatic heterocycles. The van der Waals surface area contributed by atoms with E-state index in [4.69, 9.17) is 9.84 Å². The second-order valence-electron chi connectivity index (χ2n) is 5.06. The summed E-state index contributed by atoms with van der Waals surface area (Å²) in [4.78, 5) is 24.5. The lowest BCUT2D eigenvalue weighted by Crippen LogP contribution is -2.42. The second kappa shape index (κ2) is 6.85. The number of carbonyl (C=O) groups excluding carboxylic acids is 1. The number of amides is 1. The van der Waals surface area contributed by atoms with Gasteiger partial charge in [0, 0.05) is 5.75 Å². The number of aliphatic carboxylic acids is 1. The van der Waals surface area contributed by atoms with Crippen LogP contribution in [0.3, 0.4) is 0 Å². The normalized spacial score (nSPS) is 17.8. The topological polar surface area (TPSA) is 66.8 Å². The van der Waals surface area contributed by atoms with Crippen LogP contribution in [0.4, 0.5) is 0 Å². The molecule has 1 atom stereocenters. The van der Waals surface area contributed by atoms with Gasteiger partial charge in [0.2, 0.25) is 5.91 Å². The first-order chi connectivity index (χ1) is 9.99. The summed E-state index contributed by atoms with van der Waals surface area (Å²) >= 11 is 1.46. The van der Waals surface area contributed by atoms with Crippen LogP contribution in [0.5, 0.6) is 5.75 Å². The van der Waals surface area contributed by atoms with Gasteiger partial charge < -0.3 is 14.7 Å². The van der Waals surface area contributed by atoms with Crippen LogP contribution in [-0.2, 0) is 9.59 Å². The molecule has 1 saturated heterocycles. The van der Waals surface area contributed by atoms with Crippen molar-refractivity contribution in [1.29, 1.82) is 0 Å². The van der Waals surface area contributed by atoms with Crippen LogP contribution >= 0.6 is 11.8 Å². The maximum atomic E-state index is 12.0. The first kappa shape index (κ1) is 15.7. The maximum absolute atomic E-state index is 12.0. The van der Waals surface area contributed by atoms with Crippen molar-refractivity contribution >= 4 is 23.6 Å². The van der Waals surface area contributed by atoms with Gasteiger partial charge in [0.1, 0.15) is 11.8 Å². The van der Waals surface area contributed by atoms with Gasteiger partial charge in [0.25, 0.3) is 0 Å². The minimum Gasteiger partial charge on any atom is -0.493 e. The zero-order valence-corrected chi connectivity index (χ0v) is 13.0. The molecule has 0 aliphatic carbocycles. The number of carboxylic acids is 1. The molecule has 0 saturated carbocycles. The minimum absolute atomic E-state index is 0.170. The van der Waals surface area contributed by atoms with Crippen molar-refractivity contribution in [2.45, 2.75) is 26.3 Å². The summed E-state index contributed by atoms with van der Waals surface area (Å²) in [5, 5.41) is 9.05. The number of rotatable bonds is 5. The zero-order valence-electron chi connectivity index (χ0n) is 12.2. The minimum atomic E-state index is -0.941. The van der Waals surface area contributed by atoms with Gasteiger partial charge in [-0.25, -0.2) is 4.79 Å². The summed E-state index contributed by atoms with van der Waals surface area (Å²) in [6, 6.07) is 5.08. The molecule has 1 aromatic carbocycles. The smallest absolute Gasteiger partial charge is 0.327 e. The lowest BCUT2D eigenvalue weighted by Gasteiger charge is -2.20. The Morgan fingerprint density at radius 2 is 2.14 bits per heavy atom. The third-order valence-corrected chi connectivity index (χ3v) is 4.56. The summed E-state index contributed by atoms with van der Waals surface area (Å²) in [7, 11) is 0. The molecule has 1 heterocycles. The van der Waals surface area contributed by atoms with Gasteiger partial charge >= 0.3 is 5.97 Å². The zero-order chi connectivity index (χ0) is 15.4. The van der Waals surface area contributed by atoms with Crippen molar-refractivity contribution in [2.75, 3.05) is 18.2 Å². The number of hydrogen-bond acceptors (Lipinski definition) is 4. The van der Waals surface area contributed by atoms with E-state index < -0.39 is 12.0 Å².